The van der Waals surface area contributed by atoms with Crippen LogP contribution < -0.4 is 10.6 Å². The minimum absolute atomic E-state index is 0.0730. The summed E-state index contributed by atoms with van der Waals surface area (Å²) >= 11 is 0. The molecule has 1 aromatic heterocycles. The minimum Gasteiger partial charge on any atom is -0.340 e. The maximum absolute atomic E-state index is 11.0. The second kappa shape index (κ2) is 5.52. The molecule has 1 aliphatic carbocycles. The van der Waals surface area contributed by atoms with Gasteiger partial charge in [-0.2, -0.15) is 0 Å². The van der Waals surface area contributed by atoms with Gasteiger partial charge in [-0.25, -0.2) is 9.97 Å². The maximum Gasteiger partial charge on any atom is 0.221 e. The van der Waals surface area contributed by atoms with Crippen LogP contribution in [0.1, 0.15) is 37.2 Å². The van der Waals surface area contributed by atoms with Crippen LogP contribution in [0, 0.1) is 6.92 Å². The number of carbonyl (C=O) groups is 1. The van der Waals surface area contributed by atoms with Crippen LogP contribution in [0.4, 0.5) is 17.2 Å². The van der Waals surface area contributed by atoms with Crippen molar-refractivity contribution in [1.29, 1.82) is 0 Å². The van der Waals surface area contributed by atoms with Crippen molar-refractivity contribution in [3.05, 3.63) is 41.9 Å². The Kier molecular flexibility index (Phi) is 3.56. The van der Waals surface area contributed by atoms with Crippen LogP contribution in [0.2, 0.25) is 0 Å². The first-order valence-electron chi connectivity index (χ1n) is 7.10. The van der Waals surface area contributed by atoms with E-state index < -0.39 is 0 Å². The molecule has 0 atom stereocenters. The maximum atomic E-state index is 11.0. The number of anilines is 3. The number of aromatic nitrogens is 2. The summed E-state index contributed by atoms with van der Waals surface area (Å²) in [5.41, 5.74) is 2.69. The summed E-state index contributed by atoms with van der Waals surface area (Å²) in [6.45, 7) is 3.48. The van der Waals surface area contributed by atoms with Gasteiger partial charge >= 0.3 is 0 Å². The van der Waals surface area contributed by atoms with E-state index in [2.05, 4.69) is 20.6 Å². The van der Waals surface area contributed by atoms with Crippen LogP contribution in [0.5, 0.6) is 0 Å². The normalized spacial score (nSPS) is 13.8. The first kappa shape index (κ1) is 13.5. The molecule has 2 aromatic rings. The van der Waals surface area contributed by atoms with Crippen molar-refractivity contribution in [2.75, 3.05) is 10.6 Å². The van der Waals surface area contributed by atoms with Gasteiger partial charge < -0.3 is 10.6 Å². The lowest BCUT2D eigenvalue weighted by Gasteiger charge is -2.09. The van der Waals surface area contributed by atoms with Gasteiger partial charge in [-0.15, -0.1) is 0 Å². The van der Waals surface area contributed by atoms with E-state index in [-0.39, 0.29) is 5.91 Å². The van der Waals surface area contributed by atoms with Crippen LogP contribution in [0.3, 0.4) is 0 Å². The van der Waals surface area contributed by atoms with E-state index in [1.165, 1.54) is 19.8 Å². The van der Waals surface area contributed by atoms with Crippen molar-refractivity contribution in [2.24, 2.45) is 0 Å². The monoisotopic (exact) mass is 282 g/mol. The summed E-state index contributed by atoms with van der Waals surface area (Å²) < 4.78 is 0. The van der Waals surface area contributed by atoms with Crippen LogP contribution >= 0.6 is 0 Å². The van der Waals surface area contributed by atoms with Gasteiger partial charge in [-0.1, -0.05) is 0 Å². The average Bonchev–Trinajstić information content (AvgIpc) is 3.24. The van der Waals surface area contributed by atoms with E-state index in [1.807, 2.05) is 37.3 Å². The number of nitrogens with one attached hydrogen (secondary N) is 2. The molecule has 3 rings (SSSR count). The largest absolute Gasteiger partial charge is 0.340 e. The van der Waals surface area contributed by atoms with Gasteiger partial charge in [0.15, 0.2) is 0 Å². The number of rotatable bonds is 4. The molecule has 5 heteroatoms. The Morgan fingerprint density at radius 1 is 1.14 bits per heavy atom. The van der Waals surface area contributed by atoms with E-state index in [0.717, 1.165) is 28.7 Å². The summed E-state index contributed by atoms with van der Waals surface area (Å²) in [7, 11) is 0. The SMILES string of the molecule is CC(=O)Nc1ccc(Nc2cc(C)nc(C3CC3)n2)cc1. The molecule has 21 heavy (non-hydrogen) atoms. The fraction of sp³-hybridized carbons (Fsp3) is 0.312. The molecule has 0 radical (unpaired) electrons. The highest BCUT2D eigenvalue weighted by Crippen LogP contribution is 2.38. The first-order valence-corrected chi connectivity index (χ1v) is 7.10. The van der Waals surface area contributed by atoms with E-state index >= 15 is 0 Å². The van der Waals surface area contributed by atoms with Crippen LogP contribution in [0.25, 0.3) is 0 Å². The molecule has 1 saturated carbocycles. The quantitative estimate of drug-likeness (QED) is 0.902. The number of aryl methyl sites for hydroxylation is 1. The molecule has 0 saturated heterocycles. The lowest BCUT2D eigenvalue weighted by molar-refractivity contribution is -0.114. The molecule has 1 aromatic carbocycles. The molecule has 0 unspecified atom stereocenters. The fourth-order valence-corrected chi connectivity index (χ4v) is 2.17. The molecule has 1 heterocycles. The number of nitrogens with zero attached hydrogens (tertiary/aromatic N) is 2. The number of carbonyl (C=O) groups excluding carboxylic acids is 1. The van der Waals surface area contributed by atoms with Crippen molar-refractivity contribution >= 4 is 23.1 Å². The zero-order valence-corrected chi connectivity index (χ0v) is 12.2. The summed E-state index contributed by atoms with van der Waals surface area (Å²) in [5.74, 6) is 2.22. The van der Waals surface area contributed by atoms with Gasteiger partial charge in [0.05, 0.1) is 0 Å². The molecule has 1 amide bonds. The lowest BCUT2D eigenvalue weighted by atomic mass is 10.2. The van der Waals surface area contributed by atoms with Gasteiger partial charge in [-0.3, -0.25) is 4.79 Å². The summed E-state index contributed by atoms with van der Waals surface area (Å²) in [5, 5.41) is 6.03. The highest BCUT2D eigenvalue weighted by molar-refractivity contribution is 5.88. The van der Waals surface area contributed by atoms with Crippen molar-refractivity contribution in [1.82, 2.24) is 9.97 Å². The lowest BCUT2D eigenvalue weighted by Crippen LogP contribution is -2.05. The predicted octanol–water partition coefficient (Wildman–Crippen LogP) is 3.36. The van der Waals surface area contributed by atoms with Crippen molar-refractivity contribution in [2.45, 2.75) is 32.6 Å². The Hall–Kier alpha value is -2.43. The molecule has 108 valence electrons. The molecule has 1 fully saturated rings. The Labute approximate surface area is 123 Å². The van der Waals surface area contributed by atoms with E-state index in [1.54, 1.807) is 0 Å². The van der Waals surface area contributed by atoms with Gasteiger partial charge in [0, 0.05) is 36.0 Å². The Morgan fingerprint density at radius 3 is 2.43 bits per heavy atom. The fourth-order valence-electron chi connectivity index (χ4n) is 2.17. The zero-order chi connectivity index (χ0) is 14.8. The standard InChI is InChI=1S/C16H18N4O/c1-10-9-15(20-16(17-10)12-3-4-12)19-14-7-5-13(6-8-14)18-11(2)21/h5-9,12H,3-4H2,1-2H3,(H,18,21)(H,17,19,20). The van der Waals surface area contributed by atoms with E-state index in [9.17, 15) is 4.79 Å². The Morgan fingerprint density at radius 2 is 1.81 bits per heavy atom. The van der Waals surface area contributed by atoms with Crippen molar-refractivity contribution < 1.29 is 4.79 Å². The number of hydrogen-bond donors (Lipinski definition) is 2. The topological polar surface area (TPSA) is 66.9 Å². The van der Waals surface area contributed by atoms with Crippen LogP contribution in [0.15, 0.2) is 30.3 Å². The molecule has 0 bridgehead atoms. The van der Waals surface area contributed by atoms with Crippen molar-refractivity contribution in [3.8, 4) is 0 Å². The predicted molar refractivity (Wildman–Crippen MR) is 82.8 cm³/mol. The van der Waals surface area contributed by atoms with Gasteiger partial charge in [0.2, 0.25) is 5.91 Å². The third-order valence-corrected chi connectivity index (χ3v) is 3.29. The molecular weight excluding hydrogens is 264 g/mol. The van der Waals surface area contributed by atoms with Crippen molar-refractivity contribution in [3.63, 3.8) is 0 Å². The number of amides is 1. The Balaban J connectivity index is 1.75. The highest BCUT2D eigenvalue weighted by Gasteiger charge is 2.27. The van der Waals surface area contributed by atoms with Gasteiger partial charge in [-0.05, 0) is 44.0 Å². The number of hydrogen-bond acceptors (Lipinski definition) is 4. The minimum atomic E-state index is -0.0730. The molecule has 0 aliphatic heterocycles. The highest BCUT2D eigenvalue weighted by atomic mass is 16.1. The smallest absolute Gasteiger partial charge is 0.221 e. The second-order valence-electron chi connectivity index (χ2n) is 5.41. The summed E-state index contributed by atoms with van der Waals surface area (Å²) in [6, 6.07) is 9.49. The van der Waals surface area contributed by atoms with Crippen LogP contribution in [-0.2, 0) is 4.79 Å². The van der Waals surface area contributed by atoms with E-state index in [0.29, 0.717) is 5.92 Å². The zero-order valence-electron chi connectivity index (χ0n) is 12.2. The summed E-state index contributed by atoms with van der Waals surface area (Å²) in [6.07, 6.45) is 2.38. The second-order valence-corrected chi connectivity index (χ2v) is 5.41. The summed E-state index contributed by atoms with van der Waals surface area (Å²) in [4.78, 5) is 20.0. The molecule has 5 nitrogen and oxygen atoms in total. The Bertz CT molecular complexity index is 662. The first-order chi connectivity index (χ1) is 10.1. The van der Waals surface area contributed by atoms with Gasteiger partial charge in [0.1, 0.15) is 11.6 Å². The average molecular weight is 282 g/mol. The number of benzene rings is 1. The molecule has 2 N–H and O–H groups in total. The third-order valence-electron chi connectivity index (χ3n) is 3.29. The third kappa shape index (κ3) is 3.56. The molecule has 0 spiro atoms. The molecule has 1 aliphatic rings. The van der Waals surface area contributed by atoms with Crippen LogP contribution in [-0.4, -0.2) is 15.9 Å². The molecular formula is C16H18N4O. The van der Waals surface area contributed by atoms with E-state index in [4.69, 9.17) is 0 Å². The van der Waals surface area contributed by atoms with Gasteiger partial charge in [0.25, 0.3) is 0 Å².